The number of nitrogens with zero attached hydrogens (tertiary/aromatic N) is 1. The molecule has 5 heteroatoms. The number of benzene rings is 1. The fourth-order valence-electron chi connectivity index (χ4n) is 4.71. The number of hydrogen-bond donors (Lipinski definition) is 1. The van der Waals surface area contributed by atoms with Crippen LogP contribution in [0.3, 0.4) is 0 Å². The van der Waals surface area contributed by atoms with E-state index < -0.39 is 0 Å². The van der Waals surface area contributed by atoms with Gasteiger partial charge < -0.3 is 14.6 Å². The number of H-pyrrole nitrogens is 1. The van der Waals surface area contributed by atoms with Gasteiger partial charge in [0.25, 0.3) is 0 Å². The van der Waals surface area contributed by atoms with Crippen molar-refractivity contribution in [1.29, 1.82) is 0 Å². The van der Waals surface area contributed by atoms with Crippen LogP contribution in [0.1, 0.15) is 35.8 Å². The highest BCUT2D eigenvalue weighted by Crippen LogP contribution is 2.41. The molecule has 2 aliphatic rings. The summed E-state index contributed by atoms with van der Waals surface area (Å²) < 4.78 is 5.14. The Balaban J connectivity index is 1.90. The summed E-state index contributed by atoms with van der Waals surface area (Å²) in [5.74, 6) is -0.559. The first-order valence-corrected chi connectivity index (χ1v) is 9.18. The first-order valence-electron chi connectivity index (χ1n) is 9.18. The fourth-order valence-corrected chi connectivity index (χ4v) is 4.71. The maximum absolute atomic E-state index is 13.1. The number of carbonyl (C=O) groups is 2. The quantitative estimate of drug-likeness (QED) is 0.843. The average Bonchev–Trinajstić information content (AvgIpc) is 3.01. The molecule has 0 saturated carbocycles. The monoisotopic (exact) mass is 352 g/mol. The second kappa shape index (κ2) is 6.31. The molecule has 0 radical (unpaired) electrons. The second-order valence-electron chi connectivity index (χ2n) is 7.30. The predicted octanol–water partition coefficient (Wildman–Crippen LogP) is 3.31. The molecule has 3 atom stereocenters. The summed E-state index contributed by atoms with van der Waals surface area (Å²) in [7, 11) is 3.45. The van der Waals surface area contributed by atoms with Gasteiger partial charge in [-0.05, 0) is 30.7 Å². The van der Waals surface area contributed by atoms with Crippen LogP contribution in [0.2, 0.25) is 0 Å². The van der Waals surface area contributed by atoms with Crippen molar-refractivity contribution in [3.05, 3.63) is 47.3 Å². The highest BCUT2D eigenvalue weighted by Gasteiger charge is 2.45. The number of likely N-dealkylation sites (N-methyl/N-ethyl adjacent to an activating group) is 1. The molecule has 0 unspecified atom stereocenters. The van der Waals surface area contributed by atoms with Gasteiger partial charge in [-0.25, -0.2) is 0 Å². The zero-order valence-corrected chi connectivity index (χ0v) is 15.4. The van der Waals surface area contributed by atoms with Crippen LogP contribution in [-0.2, 0) is 16.0 Å². The minimum absolute atomic E-state index is 0.0196. The Hall–Kier alpha value is -2.56. The van der Waals surface area contributed by atoms with E-state index in [2.05, 4.69) is 23.0 Å². The van der Waals surface area contributed by atoms with Crippen LogP contribution in [-0.4, -0.2) is 41.8 Å². The molecule has 2 bridgehead atoms. The van der Waals surface area contributed by atoms with E-state index in [4.69, 9.17) is 4.74 Å². The number of aromatic nitrogens is 1. The number of aromatic amines is 1. The van der Waals surface area contributed by atoms with E-state index in [0.29, 0.717) is 18.5 Å². The van der Waals surface area contributed by atoms with E-state index in [1.165, 1.54) is 7.11 Å². The summed E-state index contributed by atoms with van der Waals surface area (Å²) in [4.78, 5) is 31.2. The van der Waals surface area contributed by atoms with Crippen LogP contribution in [0.25, 0.3) is 10.9 Å². The topological polar surface area (TPSA) is 62.4 Å². The van der Waals surface area contributed by atoms with E-state index in [1.807, 2.05) is 31.3 Å². The van der Waals surface area contributed by atoms with Gasteiger partial charge >= 0.3 is 5.97 Å². The molecular weight excluding hydrogens is 328 g/mol. The summed E-state index contributed by atoms with van der Waals surface area (Å²) in [5.41, 5.74) is 3.84. The van der Waals surface area contributed by atoms with Crippen molar-refractivity contribution in [2.75, 3.05) is 14.2 Å². The number of rotatable bonds is 2. The summed E-state index contributed by atoms with van der Waals surface area (Å²) in [6, 6.07) is 7.97. The zero-order chi connectivity index (χ0) is 18.4. The SMILES string of the molecule is CCC1=CN(C)[C@H]2Cc3c([nH]c4ccccc34)C(=O)C[C@H]1[C@@H]2C(=O)OC. The lowest BCUT2D eigenvalue weighted by molar-refractivity contribution is -0.150. The normalized spacial score (nSPS) is 25.3. The highest BCUT2D eigenvalue weighted by atomic mass is 16.5. The molecule has 0 saturated heterocycles. The van der Waals surface area contributed by atoms with Crippen molar-refractivity contribution in [3.8, 4) is 0 Å². The third-order valence-electron chi connectivity index (χ3n) is 6.01. The molecule has 26 heavy (non-hydrogen) atoms. The first-order chi connectivity index (χ1) is 12.5. The van der Waals surface area contributed by atoms with Gasteiger partial charge in [0.15, 0.2) is 5.78 Å². The van der Waals surface area contributed by atoms with Crippen LogP contribution < -0.4 is 0 Å². The van der Waals surface area contributed by atoms with Crippen molar-refractivity contribution in [2.24, 2.45) is 11.8 Å². The van der Waals surface area contributed by atoms with Gasteiger partial charge in [-0.2, -0.15) is 0 Å². The smallest absolute Gasteiger partial charge is 0.311 e. The van der Waals surface area contributed by atoms with Crippen molar-refractivity contribution in [3.63, 3.8) is 0 Å². The van der Waals surface area contributed by atoms with E-state index in [0.717, 1.165) is 28.5 Å². The molecule has 4 rings (SSSR count). The summed E-state index contributed by atoms with van der Waals surface area (Å²) in [5, 5.41) is 1.07. The lowest BCUT2D eigenvalue weighted by Crippen LogP contribution is -2.50. The van der Waals surface area contributed by atoms with E-state index >= 15 is 0 Å². The fraction of sp³-hybridized carbons (Fsp3) is 0.429. The van der Waals surface area contributed by atoms with Gasteiger partial charge in [0.2, 0.25) is 0 Å². The Morgan fingerprint density at radius 1 is 1.31 bits per heavy atom. The third-order valence-corrected chi connectivity index (χ3v) is 6.01. The lowest BCUT2D eigenvalue weighted by atomic mass is 9.71. The molecule has 136 valence electrons. The second-order valence-corrected chi connectivity index (χ2v) is 7.30. The number of hydrogen-bond acceptors (Lipinski definition) is 4. The maximum Gasteiger partial charge on any atom is 0.311 e. The minimum atomic E-state index is -0.323. The highest BCUT2D eigenvalue weighted by molar-refractivity contribution is 6.03. The Labute approximate surface area is 153 Å². The van der Waals surface area contributed by atoms with Gasteiger partial charge in [0.1, 0.15) is 0 Å². The molecule has 2 heterocycles. The molecular formula is C21H24N2O3. The number of ketones is 1. The van der Waals surface area contributed by atoms with E-state index in [1.54, 1.807) is 0 Å². The molecule has 1 aliphatic heterocycles. The maximum atomic E-state index is 13.1. The molecule has 1 aromatic heterocycles. The standard InChI is InChI=1S/C21H24N2O3/c1-4-12-11-23(2)17-9-15-13-7-5-6-8-16(13)22-20(15)18(24)10-14(12)19(17)21(25)26-3/h5-8,11,14,17,19,22H,4,9-10H2,1-3H3/t14-,17+,19+/m1/s1. The number of para-hydroxylation sites is 1. The number of methoxy groups -OCH3 is 1. The van der Waals surface area contributed by atoms with Gasteiger partial charge in [-0.15, -0.1) is 0 Å². The van der Waals surface area contributed by atoms with Crippen molar-refractivity contribution in [1.82, 2.24) is 9.88 Å². The van der Waals surface area contributed by atoms with E-state index in [-0.39, 0.29) is 29.6 Å². The van der Waals surface area contributed by atoms with Crippen molar-refractivity contribution >= 4 is 22.7 Å². The molecule has 0 amide bonds. The third kappa shape index (κ3) is 2.45. The lowest BCUT2D eigenvalue weighted by Gasteiger charge is -2.43. The van der Waals surface area contributed by atoms with Crippen LogP contribution in [0.5, 0.6) is 0 Å². The Morgan fingerprint density at radius 2 is 2.08 bits per heavy atom. The van der Waals surface area contributed by atoms with Crippen LogP contribution in [0.4, 0.5) is 0 Å². The summed E-state index contributed by atoms with van der Waals surface area (Å²) in [6.45, 7) is 2.08. The number of fused-ring (bicyclic) bond motifs is 5. The van der Waals surface area contributed by atoms with Gasteiger partial charge in [-0.3, -0.25) is 9.59 Å². The Morgan fingerprint density at radius 3 is 2.81 bits per heavy atom. The minimum Gasteiger partial charge on any atom is -0.469 e. The van der Waals surface area contributed by atoms with Crippen LogP contribution in [0, 0.1) is 11.8 Å². The van der Waals surface area contributed by atoms with Crippen LogP contribution in [0.15, 0.2) is 36.0 Å². The van der Waals surface area contributed by atoms with Crippen molar-refractivity contribution in [2.45, 2.75) is 32.2 Å². The molecule has 5 nitrogen and oxygen atoms in total. The molecule has 2 aromatic rings. The molecule has 0 fully saturated rings. The van der Waals surface area contributed by atoms with Gasteiger partial charge in [0.05, 0.1) is 18.7 Å². The predicted molar refractivity (Wildman–Crippen MR) is 99.9 cm³/mol. The number of esters is 1. The number of carbonyl (C=O) groups excluding carboxylic acids is 2. The number of ether oxygens (including phenoxy) is 1. The van der Waals surface area contributed by atoms with Crippen molar-refractivity contribution < 1.29 is 14.3 Å². The van der Waals surface area contributed by atoms with E-state index in [9.17, 15) is 9.59 Å². The molecule has 1 aromatic carbocycles. The summed E-state index contributed by atoms with van der Waals surface area (Å²) in [6.07, 6.45) is 3.93. The Bertz CT molecular complexity index is 911. The Kier molecular flexibility index (Phi) is 4.10. The number of Topliss-reactive ketones (excluding diaryl/α,β-unsaturated/α-hetero) is 1. The van der Waals surface area contributed by atoms with Crippen LogP contribution >= 0.6 is 0 Å². The molecule has 0 spiro atoms. The molecule has 1 N–H and O–H groups in total. The zero-order valence-electron chi connectivity index (χ0n) is 15.4. The average molecular weight is 352 g/mol. The summed E-state index contributed by atoms with van der Waals surface area (Å²) >= 11 is 0. The first kappa shape index (κ1) is 16.9. The molecule has 1 aliphatic carbocycles. The number of allylic oxidation sites excluding steroid dienone is 1. The number of nitrogens with one attached hydrogen (secondary N) is 1. The van der Waals surface area contributed by atoms with Gasteiger partial charge in [-0.1, -0.05) is 30.7 Å². The van der Waals surface area contributed by atoms with Gasteiger partial charge in [0, 0.05) is 36.3 Å². The largest absolute Gasteiger partial charge is 0.469 e.